The van der Waals surface area contributed by atoms with Crippen LogP contribution in [0.2, 0.25) is 0 Å². The molecule has 2 rings (SSSR count). The van der Waals surface area contributed by atoms with Crippen LogP contribution >= 0.6 is 0 Å². The van der Waals surface area contributed by atoms with Crippen molar-refractivity contribution in [1.29, 1.82) is 0 Å². The largest absolute Gasteiger partial charge is 0.393 e. The maximum absolute atomic E-state index is 9.65. The molecule has 1 aromatic heterocycles. The number of nitrogen functional groups attached to an aromatic ring is 1. The normalized spacial score (nSPS) is 23.3. The molecule has 0 spiro atoms. The van der Waals surface area contributed by atoms with Crippen LogP contribution in [0, 0.1) is 5.92 Å². The standard InChI is InChI=1S/C13H22N4O2/c1-19-8-13-16-11(14)6-12(17-13)15-7-9-3-2-4-10(18)5-9/h6,9-10,18H,2-5,7-8H2,1H3,(H3,14,15,16,17). The van der Waals surface area contributed by atoms with Gasteiger partial charge in [-0.1, -0.05) is 6.42 Å². The Kier molecular flexibility index (Phi) is 4.93. The van der Waals surface area contributed by atoms with Gasteiger partial charge in [0, 0.05) is 19.7 Å². The number of aromatic nitrogens is 2. The van der Waals surface area contributed by atoms with Crippen LogP contribution in [0.1, 0.15) is 31.5 Å². The Morgan fingerprint density at radius 3 is 3.05 bits per heavy atom. The first-order valence-electron chi connectivity index (χ1n) is 6.71. The number of nitrogens with one attached hydrogen (secondary N) is 1. The molecule has 106 valence electrons. The summed E-state index contributed by atoms with van der Waals surface area (Å²) in [5, 5.41) is 12.9. The molecule has 1 fully saturated rings. The molecule has 1 aliphatic carbocycles. The van der Waals surface area contributed by atoms with E-state index in [0.717, 1.165) is 38.0 Å². The molecule has 6 heteroatoms. The van der Waals surface area contributed by atoms with Crippen LogP contribution < -0.4 is 11.1 Å². The van der Waals surface area contributed by atoms with E-state index in [1.54, 1.807) is 13.2 Å². The van der Waals surface area contributed by atoms with Crippen LogP contribution in [-0.4, -0.2) is 34.8 Å². The Morgan fingerprint density at radius 2 is 2.32 bits per heavy atom. The summed E-state index contributed by atoms with van der Waals surface area (Å²) in [5.74, 6) is 2.23. The van der Waals surface area contributed by atoms with Gasteiger partial charge in [0.25, 0.3) is 0 Å². The Bertz CT molecular complexity index is 414. The van der Waals surface area contributed by atoms with Gasteiger partial charge in [-0.2, -0.15) is 0 Å². The molecule has 4 N–H and O–H groups in total. The lowest BCUT2D eigenvalue weighted by Crippen LogP contribution is -2.25. The Labute approximate surface area is 113 Å². The van der Waals surface area contributed by atoms with E-state index < -0.39 is 0 Å². The number of ether oxygens (including phenoxy) is 1. The molecule has 6 nitrogen and oxygen atoms in total. The van der Waals surface area contributed by atoms with E-state index >= 15 is 0 Å². The van der Waals surface area contributed by atoms with Crippen molar-refractivity contribution in [3.05, 3.63) is 11.9 Å². The van der Waals surface area contributed by atoms with Crippen LogP contribution in [0.25, 0.3) is 0 Å². The van der Waals surface area contributed by atoms with E-state index in [4.69, 9.17) is 10.5 Å². The molecule has 1 heterocycles. The summed E-state index contributed by atoms with van der Waals surface area (Å²) in [4.78, 5) is 8.43. The lowest BCUT2D eigenvalue weighted by molar-refractivity contribution is 0.104. The van der Waals surface area contributed by atoms with E-state index in [9.17, 15) is 5.11 Å². The second-order valence-electron chi connectivity index (χ2n) is 5.09. The van der Waals surface area contributed by atoms with Crippen molar-refractivity contribution in [2.24, 2.45) is 5.92 Å². The van der Waals surface area contributed by atoms with Gasteiger partial charge in [-0.25, -0.2) is 9.97 Å². The number of nitrogens with zero attached hydrogens (tertiary/aromatic N) is 2. The van der Waals surface area contributed by atoms with Gasteiger partial charge in [0.05, 0.1) is 6.10 Å². The second kappa shape index (κ2) is 6.68. The van der Waals surface area contributed by atoms with E-state index in [0.29, 0.717) is 24.2 Å². The monoisotopic (exact) mass is 266 g/mol. The van der Waals surface area contributed by atoms with Crippen molar-refractivity contribution in [2.45, 2.75) is 38.4 Å². The summed E-state index contributed by atoms with van der Waals surface area (Å²) in [6.45, 7) is 1.15. The average Bonchev–Trinajstić information content (AvgIpc) is 2.36. The van der Waals surface area contributed by atoms with E-state index in [2.05, 4.69) is 15.3 Å². The van der Waals surface area contributed by atoms with Crippen molar-refractivity contribution >= 4 is 11.6 Å². The molecular formula is C13H22N4O2. The predicted octanol–water partition coefficient (Wildman–Crippen LogP) is 1.17. The third kappa shape index (κ3) is 4.33. The van der Waals surface area contributed by atoms with Crippen molar-refractivity contribution in [2.75, 3.05) is 24.7 Å². The zero-order chi connectivity index (χ0) is 13.7. The summed E-state index contributed by atoms with van der Waals surface area (Å²) in [7, 11) is 1.60. The summed E-state index contributed by atoms with van der Waals surface area (Å²) in [6, 6.07) is 1.72. The molecule has 2 unspecified atom stereocenters. The first-order chi connectivity index (χ1) is 9.17. The fraction of sp³-hybridized carbons (Fsp3) is 0.692. The lowest BCUT2D eigenvalue weighted by atomic mass is 9.87. The molecule has 0 radical (unpaired) electrons. The van der Waals surface area contributed by atoms with Gasteiger partial charge in [-0.15, -0.1) is 0 Å². The van der Waals surface area contributed by atoms with Crippen LogP contribution in [0.15, 0.2) is 6.07 Å². The topological polar surface area (TPSA) is 93.3 Å². The van der Waals surface area contributed by atoms with Crippen LogP contribution in [0.3, 0.4) is 0 Å². The number of hydrogen-bond donors (Lipinski definition) is 3. The van der Waals surface area contributed by atoms with Crippen LogP contribution in [0.4, 0.5) is 11.6 Å². The highest BCUT2D eigenvalue weighted by atomic mass is 16.5. The van der Waals surface area contributed by atoms with Crippen molar-refractivity contribution in [1.82, 2.24) is 9.97 Å². The quantitative estimate of drug-likeness (QED) is 0.740. The molecular weight excluding hydrogens is 244 g/mol. The molecule has 0 amide bonds. The zero-order valence-electron chi connectivity index (χ0n) is 11.3. The molecule has 0 saturated heterocycles. The SMILES string of the molecule is COCc1nc(N)cc(NCC2CCCC(O)C2)n1. The fourth-order valence-corrected chi connectivity index (χ4v) is 2.50. The lowest BCUT2D eigenvalue weighted by Gasteiger charge is -2.26. The third-order valence-corrected chi connectivity index (χ3v) is 3.39. The van der Waals surface area contributed by atoms with Gasteiger partial charge >= 0.3 is 0 Å². The molecule has 0 aromatic carbocycles. The smallest absolute Gasteiger partial charge is 0.158 e. The average molecular weight is 266 g/mol. The number of nitrogens with two attached hydrogens (primary N) is 1. The second-order valence-corrected chi connectivity index (χ2v) is 5.09. The van der Waals surface area contributed by atoms with E-state index in [-0.39, 0.29) is 6.10 Å². The third-order valence-electron chi connectivity index (χ3n) is 3.39. The van der Waals surface area contributed by atoms with Gasteiger partial charge in [-0.05, 0) is 25.2 Å². The van der Waals surface area contributed by atoms with Crippen LogP contribution in [-0.2, 0) is 11.3 Å². The minimum atomic E-state index is -0.153. The van der Waals surface area contributed by atoms with Crippen LogP contribution in [0.5, 0.6) is 0 Å². The molecule has 1 saturated carbocycles. The van der Waals surface area contributed by atoms with Gasteiger partial charge in [0.15, 0.2) is 5.82 Å². The number of methoxy groups -OCH3 is 1. The molecule has 2 atom stereocenters. The fourth-order valence-electron chi connectivity index (χ4n) is 2.50. The zero-order valence-corrected chi connectivity index (χ0v) is 11.3. The van der Waals surface area contributed by atoms with Gasteiger partial charge in [0.2, 0.25) is 0 Å². The van der Waals surface area contributed by atoms with Gasteiger partial charge in [0.1, 0.15) is 18.2 Å². The Hall–Kier alpha value is -1.40. The molecule has 19 heavy (non-hydrogen) atoms. The molecule has 0 aliphatic heterocycles. The van der Waals surface area contributed by atoms with Gasteiger partial charge in [-0.3, -0.25) is 0 Å². The number of aliphatic hydroxyl groups is 1. The summed E-state index contributed by atoms with van der Waals surface area (Å²) in [6.07, 6.45) is 3.87. The minimum Gasteiger partial charge on any atom is -0.393 e. The predicted molar refractivity (Wildman–Crippen MR) is 73.6 cm³/mol. The highest BCUT2D eigenvalue weighted by molar-refractivity contribution is 5.44. The van der Waals surface area contributed by atoms with E-state index in [1.165, 1.54) is 0 Å². The molecule has 1 aliphatic rings. The maximum atomic E-state index is 9.65. The minimum absolute atomic E-state index is 0.153. The number of rotatable bonds is 5. The number of hydrogen-bond acceptors (Lipinski definition) is 6. The summed E-state index contributed by atoms with van der Waals surface area (Å²) < 4.78 is 5.01. The van der Waals surface area contributed by atoms with E-state index in [1.807, 2.05) is 0 Å². The summed E-state index contributed by atoms with van der Waals surface area (Å²) in [5.41, 5.74) is 5.73. The molecule has 1 aromatic rings. The highest BCUT2D eigenvalue weighted by Gasteiger charge is 2.19. The highest BCUT2D eigenvalue weighted by Crippen LogP contribution is 2.24. The Morgan fingerprint density at radius 1 is 1.47 bits per heavy atom. The molecule has 0 bridgehead atoms. The number of anilines is 2. The van der Waals surface area contributed by atoms with Gasteiger partial charge < -0.3 is 20.9 Å². The first-order valence-corrected chi connectivity index (χ1v) is 6.71. The van der Waals surface area contributed by atoms with Crippen molar-refractivity contribution < 1.29 is 9.84 Å². The summed E-state index contributed by atoms with van der Waals surface area (Å²) >= 11 is 0. The van der Waals surface area contributed by atoms with Crippen molar-refractivity contribution in [3.63, 3.8) is 0 Å². The maximum Gasteiger partial charge on any atom is 0.158 e. The Balaban J connectivity index is 1.91. The van der Waals surface area contributed by atoms with Crippen molar-refractivity contribution in [3.8, 4) is 0 Å². The first kappa shape index (κ1) is 14.0. The number of aliphatic hydroxyl groups excluding tert-OH is 1.